The molecule has 1 aliphatic heterocycles. The summed E-state index contributed by atoms with van der Waals surface area (Å²) >= 11 is 1.89. The van der Waals surface area contributed by atoms with E-state index in [-0.39, 0.29) is 24.0 Å². The molecule has 7 heteroatoms. The number of nitrogens with one attached hydrogen (secondary N) is 2. The molecule has 0 atom stereocenters. The van der Waals surface area contributed by atoms with E-state index in [1.54, 1.807) is 19.0 Å². The topological polar surface area (TPSA) is 48.9 Å². The third-order valence-corrected chi connectivity index (χ3v) is 5.74. The van der Waals surface area contributed by atoms with Crippen molar-refractivity contribution in [3.8, 4) is 5.75 Å². The van der Waals surface area contributed by atoms with Crippen molar-refractivity contribution in [2.45, 2.75) is 26.4 Å². The van der Waals surface area contributed by atoms with Gasteiger partial charge in [0.15, 0.2) is 5.96 Å². The molecule has 0 radical (unpaired) electrons. The number of methoxy groups -OCH3 is 1. The molecule has 0 fully saturated rings. The third kappa shape index (κ3) is 6.08. The molecule has 0 amide bonds. The quantitative estimate of drug-likeness (QED) is 0.363. The fourth-order valence-electron chi connectivity index (χ4n) is 3.23. The van der Waals surface area contributed by atoms with Crippen molar-refractivity contribution in [2.24, 2.45) is 4.99 Å². The maximum Gasteiger partial charge on any atom is 0.191 e. The molecule has 1 aromatic heterocycles. The Kier molecular flexibility index (Phi) is 8.85. The summed E-state index contributed by atoms with van der Waals surface area (Å²) in [6.45, 7) is 6.86. The van der Waals surface area contributed by atoms with Gasteiger partial charge in [-0.3, -0.25) is 9.89 Å². The lowest BCUT2D eigenvalue weighted by atomic mass is 10.1. The summed E-state index contributed by atoms with van der Waals surface area (Å²) < 4.78 is 5.47. The molecule has 3 rings (SSSR count). The molecule has 0 saturated carbocycles. The van der Waals surface area contributed by atoms with Gasteiger partial charge in [-0.1, -0.05) is 12.1 Å². The molecular formula is C20H29IN4OS. The molecule has 0 unspecified atom stereocenters. The summed E-state index contributed by atoms with van der Waals surface area (Å²) in [7, 11) is 3.52. The summed E-state index contributed by atoms with van der Waals surface area (Å²) in [5.41, 5.74) is 3.82. The summed E-state index contributed by atoms with van der Waals surface area (Å²) in [4.78, 5) is 8.38. The van der Waals surface area contributed by atoms with E-state index < -0.39 is 0 Å². The Balaban J connectivity index is 0.00000261. The first-order valence-electron chi connectivity index (χ1n) is 9.05. The molecule has 1 aromatic carbocycles. The minimum absolute atomic E-state index is 0. The molecule has 0 aliphatic carbocycles. The average molecular weight is 500 g/mol. The number of aryl methyl sites for hydroxylation is 1. The van der Waals surface area contributed by atoms with Crippen LogP contribution in [0.2, 0.25) is 0 Å². The van der Waals surface area contributed by atoms with Crippen LogP contribution in [0, 0.1) is 6.92 Å². The normalized spacial score (nSPS) is 14.3. The smallest absolute Gasteiger partial charge is 0.191 e. The molecule has 5 nitrogen and oxygen atoms in total. The number of hydrogen-bond acceptors (Lipinski definition) is 4. The van der Waals surface area contributed by atoms with Gasteiger partial charge >= 0.3 is 0 Å². The van der Waals surface area contributed by atoms with E-state index in [4.69, 9.17) is 4.74 Å². The van der Waals surface area contributed by atoms with Gasteiger partial charge in [-0.05, 0) is 42.0 Å². The van der Waals surface area contributed by atoms with Gasteiger partial charge in [0.25, 0.3) is 0 Å². The van der Waals surface area contributed by atoms with Crippen LogP contribution in [0.5, 0.6) is 5.75 Å². The van der Waals surface area contributed by atoms with Crippen LogP contribution < -0.4 is 15.4 Å². The lowest BCUT2D eigenvalue weighted by Crippen LogP contribution is -2.42. The van der Waals surface area contributed by atoms with Crippen LogP contribution in [0.25, 0.3) is 0 Å². The largest absolute Gasteiger partial charge is 0.496 e. The van der Waals surface area contributed by atoms with Crippen molar-refractivity contribution >= 4 is 41.3 Å². The van der Waals surface area contributed by atoms with Crippen LogP contribution >= 0.6 is 35.3 Å². The second-order valence-electron chi connectivity index (χ2n) is 6.56. The minimum Gasteiger partial charge on any atom is -0.496 e. The molecule has 2 N–H and O–H groups in total. The van der Waals surface area contributed by atoms with Gasteiger partial charge in [0, 0.05) is 50.2 Å². The fourth-order valence-corrected chi connectivity index (χ4v) is 4.12. The molecule has 2 heterocycles. The Labute approximate surface area is 183 Å². The van der Waals surface area contributed by atoms with Crippen LogP contribution in [-0.4, -0.2) is 44.7 Å². The highest BCUT2D eigenvalue weighted by molar-refractivity contribution is 14.0. The Hall–Kier alpha value is -1.32. The Morgan fingerprint density at radius 2 is 2.15 bits per heavy atom. The summed E-state index contributed by atoms with van der Waals surface area (Å²) in [5, 5.41) is 8.99. The maximum atomic E-state index is 5.47. The number of halogens is 1. The van der Waals surface area contributed by atoms with Gasteiger partial charge in [-0.2, -0.15) is 0 Å². The van der Waals surface area contributed by atoms with Crippen molar-refractivity contribution < 1.29 is 4.74 Å². The summed E-state index contributed by atoms with van der Waals surface area (Å²) in [6.07, 6.45) is 1.17. The van der Waals surface area contributed by atoms with E-state index in [9.17, 15) is 0 Å². The zero-order chi connectivity index (χ0) is 18.4. The predicted molar refractivity (Wildman–Crippen MR) is 125 cm³/mol. The van der Waals surface area contributed by atoms with Crippen molar-refractivity contribution in [3.05, 3.63) is 51.2 Å². The molecular weight excluding hydrogens is 471 g/mol. The van der Waals surface area contributed by atoms with E-state index >= 15 is 0 Å². The van der Waals surface area contributed by atoms with Gasteiger partial charge in [-0.25, -0.2) is 0 Å². The number of rotatable bonds is 6. The fraction of sp³-hybridized carbons (Fsp3) is 0.450. The van der Waals surface area contributed by atoms with Crippen molar-refractivity contribution in [1.29, 1.82) is 0 Å². The molecule has 0 saturated heterocycles. The highest BCUT2D eigenvalue weighted by Crippen LogP contribution is 2.23. The zero-order valence-corrected chi connectivity index (χ0v) is 19.4. The lowest BCUT2D eigenvalue weighted by molar-refractivity contribution is 0.260. The zero-order valence-electron chi connectivity index (χ0n) is 16.2. The number of benzene rings is 1. The second-order valence-corrected chi connectivity index (χ2v) is 7.56. The molecule has 0 spiro atoms. The molecule has 1 aliphatic rings. The van der Waals surface area contributed by atoms with Crippen LogP contribution in [0.15, 0.2) is 34.6 Å². The Morgan fingerprint density at radius 1 is 1.30 bits per heavy atom. The standard InChI is InChI=1S/C20H28N4OS.HI/c1-15-4-5-16(18(12-15)25-3)13-23-20(21-2)22-8-10-24-9-6-19-17(14-24)7-11-26-19;/h4-5,7,11-12H,6,8-10,13-14H2,1-3H3,(H2,21,22,23);1H. The highest BCUT2D eigenvalue weighted by Gasteiger charge is 2.16. The first-order chi connectivity index (χ1) is 12.7. The highest BCUT2D eigenvalue weighted by atomic mass is 127. The van der Waals surface area contributed by atoms with Gasteiger partial charge in [0.2, 0.25) is 0 Å². The monoisotopic (exact) mass is 500 g/mol. The van der Waals surface area contributed by atoms with Gasteiger partial charge in [-0.15, -0.1) is 35.3 Å². The van der Waals surface area contributed by atoms with Crippen molar-refractivity contribution in [1.82, 2.24) is 15.5 Å². The predicted octanol–water partition coefficient (Wildman–Crippen LogP) is 3.41. The Bertz CT molecular complexity index is 762. The van der Waals surface area contributed by atoms with E-state index in [1.165, 1.54) is 17.5 Å². The number of fused-ring (bicyclic) bond motifs is 1. The van der Waals surface area contributed by atoms with Gasteiger partial charge in [0.1, 0.15) is 5.75 Å². The number of ether oxygens (including phenoxy) is 1. The summed E-state index contributed by atoms with van der Waals surface area (Å²) in [6, 6.07) is 8.52. The number of nitrogens with zero attached hydrogens (tertiary/aromatic N) is 2. The number of hydrogen-bond donors (Lipinski definition) is 2. The Morgan fingerprint density at radius 3 is 2.93 bits per heavy atom. The second kappa shape index (κ2) is 10.9. The number of guanidine groups is 1. The lowest BCUT2D eigenvalue weighted by Gasteiger charge is -2.27. The first kappa shape index (κ1) is 22.0. The van der Waals surface area contributed by atoms with Gasteiger partial charge < -0.3 is 15.4 Å². The third-order valence-electron chi connectivity index (χ3n) is 4.72. The molecule has 27 heavy (non-hydrogen) atoms. The van der Waals surface area contributed by atoms with Gasteiger partial charge in [0.05, 0.1) is 7.11 Å². The molecule has 2 aromatic rings. The summed E-state index contributed by atoms with van der Waals surface area (Å²) in [5.74, 6) is 1.73. The first-order valence-corrected chi connectivity index (χ1v) is 9.93. The van der Waals surface area contributed by atoms with E-state index in [1.807, 2.05) is 11.3 Å². The molecule has 0 bridgehead atoms. The van der Waals surface area contributed by atoms with Crippen LogP contribution in [-0.2, 0) is 19.5 Å². The van der Waals surface area contributed by atoms with E-state index in [0.717, 1.165) is 43.5 Å². The van der Waals surface area contributed by atoms with Crippen LogP contribution in [0.3, 0.4) is 0 Å². The van der Waals surface area contributed by atoms with Crippen molar-refractivity contribution in [2.75, 3.05) is 33.8 Å². The van der Waals surface area contributed by atoms with Crippen molar-refractivity contribution in [3.63, 3.8) is 0 Å². The minimum atomic E-state index is 0. The van der Waals surface area contributed by atoms with E-state index in [2.05, 4.69) is 57.1 Å². The van der Waals surface area contributed by atoms with E-state index in [0.29, 0.717) is 6.54 Å². The number of aliphatic imine (C=N–C) groups is 1. The van der Waals surface area contributed by atoms with Crippen LogP contribution in [0.1, 0.15) is 21.6 Å². The SMILES string of the molecule is CN=C(NCCN1CCc2sccc2C1)NCc1ccc(C)cc1OC.I. The molecule has 148 valence electrons. The average Bonchev–Trinajstić information content (AvgIpc) is 3.13. The number of thiophene rings is 1. The van der Waals surface area contributed by atoms with Crippen LogP contribution in [0.4, 0.5) is 0 Å². The maximum absolute atomic E-state index is 5.47.